The maximum absolute atomic E-state index is 5.21. The molecular formula is C5H14N2S. The number of nitrogens with two attached hydrogens (primary N) is 1. The van der Waals surface area contributed by atoms with E-state index < -0.39 is 0 Å². The molecule has 0 saturated heterocycles. The number of thioether (sulfide) groups is 1. The van der Waals surface area contributed by atoms with Crippen molar-refractivity contribution in [1.82, 2.24) is 5.43 Å². The standard InChI is InChI=1S/C5H14N2S/c1-3-5(7-6)4-8-2/h5,7H,3-4,6H2,1-2H3. The zero-order valence-corrected chi connectivity index (χ0v) is 6.29. The van der Waals surface area contributed by atoms with Gasteiger partial charge in [0.05, 0.1) is 0 Å². The minimum Gasteiger partial charge on any atom is -0.271 e. The summed E-state index contributed by atoms with van der Waals surface area (Å²) in [6.07, 6.45) is 3.19. The largest absolute Gasteiger partial charge is 0.271 e. The zero-order valence-electron chi connectivity index (χ0n) is 5.48. The van der Waals surface area contributed by atoms with Crippen LogP contribution in [0.3, 0.4) is 0 Å². The van der Waals surface area contributed by atoms with E-state index in [0.717, 1.165) is 12.2 Å². The van der Waals surface area contributed by atoms with E-state index in [1.54, 1.807) is 0 Å². The molecule has 1 atom stereocenters. The number of hydrazine groups is 1. The van der Waals surface area contributed by atoms with Crippen molar-refractivity contribution >= 4 is 11.8 Å². The molecule has 2 nitrogen and oxygen atoms in total. The first kappa shape index (κ1) is 8.27. The summed E-state index contributed by atoms with van der Waals surface area (Å²) in [6.45, 7) is 2.13. The predicted octanol–water partition coefficient (Wildman–Crippen LogP) is 0.591. The highest BCUT2D eigenvalue weighted by Gasteiger charge is 1.98. The van der Waals surface area contributed by atoms with Crippen molar-refractivity contribution in [3.8, 4) is 0 Å². The summed E-state index contributed by atoms with van der Waals surface area (Å²) in [4.78, 5) is 0. The van der Waals surface area contributed by atoms with Gasteiger partial charge in [-0.05, 0) is 12.7 Å². The zero-order chi connectivity index (χ0) is 6.41. The second kappa shape index (κ2) is 5.41. The molecule has 8 heavy (non-hydrogen) atoms. The maximum Gasteiger partial charge on any atom is 0.0298 e. The third-order valence-corrected chi connectivity index (χ3v) is 1.83. The Labute approximate surface area is 55.2 Å². The Balaban J connectivity index is 3.07. The molecule has 0 aliphatic carbocycles. The molecule has 3 N–H and O–H groups in total. The molecule has 0 amide bonds. The fourth-order valence-corrected chi connectivity index (χ4v) is 1.22. The van der Waals surface area contributed by atoms with Gasteiger partial charge >= 0.3 is 0 Å². The maximum atomic E-state index is 5.21. The van der Waals surface area contributed by atoms with Crippen LogP contribution in [-0.4, -0.2) is 18.1 Å². The van der Waals surface area contributed by atoms with Crippen LogP contribution in [0.4, 0.5) is 0 Å². The van der Waals surface area contributed by atoms with Gasteiger partial charge in [0.2, 0.25) is 0 Å². The Morgan fingerprint density at radius 3 is 2.50 bits per heavy atom. The molecule has 0 spiro atoms. The van der Waals surface area contributed by atoms with Gasteiger partial charge in [0.25, 0.3) is 0 Å². The highest BCUT2D eigenvalue weighted by atomic mass is 32.2. The molecule has 50 valence electrons. The molecule has 0 fully saturated rings. The molecule has 0 bridgehead atoms. The Morgan fingerprint density at radius 1 is 1.75 bits per heavy atom. The van der Waals surface area contributed by atoms with Gasteiger partial charge in [-0.2, -0.15) is 11.8 Å². The van der Waals surface area contributed by atoms with Gasteiger partial charge in [-0.1, -0.05) is 6.92 Å². The summed E-state index contributed by atoms with van der Waals surface area (Å²) < 4.78 is 0. The Hall–Kier alpha value is 0.270. The van der Waals surface area contributed by atoms with Crippen LogP contribution in [0.5, 0.6) is 0 Å². The van der Waals surface area contributed by atoms with E-state index in [1.165, 1.54) is 0 Å². The molecule has 0 aliphatic rings. The van der Waals surface area contributed by atoms with E-state index in [0.29, 0.717) is 6.04 Å². The average Bonchev–Trinajstić information content (AvgIpc) is 1.83. The van der Waals surface area contributed by atoms with E-state index in [1.807, 2.05) is 11.8 Å². The second-order valence-electron chi connectivity index (χ2n) is 1.73. The molecule has 0 rings (SSSR count). The topological polar surface area (TPSA) is 38.0 Å². The predicted molar refractivity (Wildman–Crippen MR) is 39.8 cm³/mol. The third kappa shape index (κ3) is 3.29. The van der Waals surface area contributed by atoms with Crippen LogP contribution in [0.15, 0.2) is 0 Å². The molecule has 0 radical (unpaired) electrons. The quantitative estimate of drug-likeness (QED) is 0.436. The molecule has 0 aromatic carbocycles. The molecule has 0 aromatic rings. The Bertz CT molecular complexity index is 45.7. The van der Waals surface area contributed by atoms with Gasteiger partial charge in [0, 0.05) is 11.8 Å². The first-order chi connectivity index (χ1) is 3.85. The Morgan fingerprint density at radius 2 is 2.38 bits per heavy atom. The van der Waals surface area contributed by atoms with Gasteiger partial charge in [0.15, 0.2) is 0 Å². The van der Waals surface area contributed by atoms with Gasteiger partial charge in [-0.15, -0.1) is 0 Å². The van der Waals surface area contributed by atoms with Crippen molar-refractivity contribution < 1.29 is 0 Å². The van der Waals surface area contributed by atoms with Crippen LogP contribution in [-0.2, 0) is 0 Å². The highest BCUT2D eigenvalue weighted by molar-refractivity contribution is 7.98. The van der Waals surface area contributed by atoms with E-state index in [2.05, 4.69) is 18.6 Å². The van der Waals surface area contributed by atoms with Crippen LogP contribution < -0.4 is 11.3 Å². The molecule has 0 aromatic heterocycles. The molecule has 0 heterocycles. The molecule has 0 aliphatic heterocycles. The molecule has 1 unspecified atom stereocenters. The Kier molecular flexibility index (Phi) is 5.59. The summed E-state index contributed by atoms with van der Waals surface area (Å²) in [5.74, 6) is 6.31. The number of rotatable bonds is 4. The van der Waals surface area contributed by atoms with Crippen LogP contribution in [0.25, 0.3) is 0 Å². The normalized spacial score (nSPS) is 13.9. The van der Waals surface area contributed by atoms with Crippen molar-refractivity contribution in [2.75, 3.05) is 12.0 Å². The second-order valence-corrected chi connectivity index (χ2v) is 2.64. The lowest BCUT2D eigenvalue weighted by atomic mass is 10.3. The monoisotopic (exact) mass is 134 g/mol. The van der Waals surface area contributed by atoms with Crippen LogP contribution in [0.2, 0.25) is 0 Å². The van der Waals surface area contributed by atoms with E-state index in [9.17, 15) is 0 Å². The minimum absolute atomic E-state index is 0.491. The van der Waals surface area contributed by atoms with Gasteiger partial charge < -0.3 is 0 Å². The van der Waals surface area contributed by atoms with Crippen LogP contribution in [0, 0.1) is 0 Å². The van der Waals surface area contributed by atoms with Crippen LogP contribution in [0.1, 0.15) is 13.3 Å². The summed E-state index contributed by atoms with van der Waals surface area (Å²) in [5.41, 5.74) is 2.73. The lowest BCUT2D eigenvalue weighted by Gasteiger charge is -2.09. The fourth-order valence-electron chi connectivity index (χ4n) is 0.485. The van der Waals surface area contributed by atoms with Gasteiger partial charge in [-0.25, -0.2) is 0 Å². The number of nitrogens with one attached hydrogen (secondary N) is 1. The fraction of sp³-hybridized carbons (Fsp3) is 1.00. The van der Waals surface area contributed by atoms with Crippen molar-refractivity contribution in [2.45, 2.75) is 19.4 Å². The van der Waals surface area contributed by atoms with E-state index >= 15 is 0 Å². The van der Waals surface area contributed by atoms with Crippen LogP contribution >= 0.6 is 11.8 Å². The van der Waals surface area contributed by atoms with Gasteiger partial charge in [0.1, 0.15) is 0 Å². The van der Waals surface area contributed by atoms with Crippen molar-refractivity contribution in [3.63, 3.8) is 0 Å². The minimum atomic E-state index is 0.491. The lowest BCUT2D eigenvalue weighted by molar-refractivity contribution is 0.563. The van der Waals surface area contributed by atoms with Crippen molar-refractivity contribution in [3.05, 3.63) is 0 Å². The smallest absolute Gasteiger partial charge is 0.0298 e. The first-order valence-electron chi connectivity index (χ1n) is 2.80. The molecule has 0 saturated carbocycles. The molecule has 3 heteroatoms. The summed E-state index contributed by atoms with van der Waals surface area (Å²) >= 11 is 1.82. The third-order valence-electron chi connectivity index (χ3n) is 1.10. The first-order valence-corrected chi connectivity index (χ1v) is 4.19. The van der Waals surface area contributed by atoms with E-state index in [4.69, 9.17) is 5.84 Å². The van der Waals surface area contributed by atoms with Crippen molar-refractivity contribution in [1.29, 1.82) is 0 Å². The molecular weight excluding hydrogens is 120 g/mol. The average molecular weight is 134 g/mol. The van der Waals surface area contributed by atoms with Gasteiger partial charge in [-0.3, -0.25) is 11.3 Å². The highest BCUT2D eigenvalue weighted by Crippen LogP contribution is 1.98. The van der Waals surface area contributed by atoms with Crippen molar-refractivity contribution in [2.24, 2.45) is 5.84 Å². The lowest BCUT2D eigenvalue weighted by Crippen LogP contribution is -2.36. The number of hydrogen-bond donors (Lipinski definition) is 2. The summed E-state index contributed by atoms with van der Waals surface area (Å²) in [7, 11) is 0. The summed E-state index contributed by atoms with van der Waals surface area (Å²) in [5, 5.41) is 0. The number of hydrogen-bond acceptors (Lipinski definition) is 3. The van der Waals surface area contributed by atoms with E-state index in [-0.39, 0.29) is 0 Å². The summed E-state index contributed by atoms with van der Waals surface area (Å²) in [6, 6.07) is 0.491. The SMILES string of the molecule is CCC(CSC)NN.